The highest BCUT2D eigenvalue weighted by atomic mass is 19.1. The Balaban J connectivity index is 2.09. The molecule has 1 aromatic rings. The Kier molecular flexibility index (Phi) is 4.47. The van der Waals surface area contributed by atoms with E-state index in [0.29, 0.717) is 31.8 Å². The summed E-state index contributed by atoms with van der Waals surface area (Å²) in [5, 5.41) is 17.9. The lowest BCUT2D eigenvalue weighted by atomic mass is 10.1. The van der Waals surface area contributed by atoms with Crippen LogP contribution in [0, 0.1) is 5.82 Å². The van der Waals surface area contributed by atoms with E-state index >= 15 is 0 Å². The highest BCUT2D eigenvalue weighted by Gasteiger charge is 2.21. The number of carbonyl (C=O) groups is 1. The summed E-state index contributed by atoms with van der Waals surface area (Å²) in [7, 11) is 0. The maximum absolute atomic E-state index is 13.7. The van der Waals surface area contributed by atoms with Crippen LogP contribution in [0.15, 0.2) is 18.2 Å². The van der Waals surface area contributed by atoms with E-state index in [1.807, 2.05) is 4.90 Å². The number of nitrogens with zero attached hydrogens (tertiary/aromatic N) is 1. The maximum atomic E-state index is 13.7. The Hall–Kier alpha value is -1.50. The molecule has 0 saturated carbocycles. The first kappa shape index (κ1) is 13.9. The first-order valence-corrected chi connectivity index (χ1v) is 6.06. The molecule has 0 aromatic heterocycles. The SMILES string of the molecule is O=C(O)c1ccc(F)c(CN2CCOC(CO)C2)c1. The van der Waals surface area contributed by atoms with Crippen molar-refractivity contribution < 1.29 is 24.1 Å². The normalized spacial score (nSPS) is 20.4. The van der Waals surface area contributed by atoms with Gasteiger partial charge in [-0.15, -0.1) is 0 Å². The molecule has 0 aliphatic carbocycles. The van der Waals surface area contributed by atoms with Crippen molar-refractivity contribution in [3.63, 3.8) is 0 Å². The molecule has 1 heterocycles. The third kappa shape index (κ3) is 3.50. The van der Waals surface area contributed by atoms with Crippen LogP contribution >= 0.6 is 0 Å². The van der Waals surface area contributed by atoms with Crippen LogP contribution in [0.1, 0.15) is 15.9 Å². The van der Waals surface area contributed by atoms with Gasteiger partial charge in [-0.2, -0.15) is 0 Å². The van der Waals surface area contributed by atoms with Crippen LogP contribution in [0.5, 0.6) is 0 Å². The topological polar surface area (TPSA) is 70.0 Å². The molecule has 1 aromatic carbocycles. The first-order chi connectivity index (χ1) is 9.10. The van der Waals surface area contributed by atoms with Crippen molar-refractivity contribution in [3.8, 4) is 0 Å². The van der Waals surface area contributed by atoms with E-state index in [4.69, 9.17) is 14.9 Å². The summed E-state index contributed by atoms with van der Waals surface area (Å²) in [6.07, 6.45) is -0.264. The van der Waals surface area contributed by atoms with Crippen molar-refractivity contribution in [2.45, 2.75) is 12.6 Å². The second-order valence-corrected chi connectivity index (χ2v) is 4.52. The van der Waals surface area contributed by atoms with E-state index in [9.17, 15) is 9.18 Å². The second kappa shape index (κ2) is 6.10. The van der Waals surface area contributed by atoms with Crippen molar-refractivity contribution in [2.75, 3.05) is 26.3 Å². The fourth-order valence-corrected chi connectivity index (χ4v) is 2.10. The van der Waals surface area contributed by atoms with Crippen molar-refractivity contribution in [1.29, 1.82) is 0 Å². The second-order valence-electron chi connectivity index (χ2n) is 4.52. The molecule has 2 rings (SSSR count). The predicted octanol–water partition coefficient (Wildman–Crippen LogP) is 0.717. The van der Waals surface area contributed by atoms with Gasteiger partial charge in [0.15, 0.2) is 0 Å². The molecule has 1 aliphatic rings. The number of rotatable bonds is 4. The van der Waals surface area contributed by atoms with Gasteiger partial charge in [-0.25, -0.2) is 9.18 Å². The van der Waals surface area contributed by atoms with Gasteiger partial charge in [-0.3, -0.25) is 4.90 Å². The molecule has 0 amide bonds. The maximum Gasteiger partial charge on any atom is 0.335 e. The van der Waals surface area contributed by atoms with Crippen LogP contribution in [-0.2, 0) is 11.3 Å². The average Bonchev–Trinajstić information content (AvgIpc) is 2.41. The molecule has 5 nitrogen and oxygen atoms in total. The van der Waals surface area contributed by atoms with E-state index in [0.717, 1.165) is 0 Å². The van der Waals surface area contributed by atoms with Gasteiger partial charge in [0.2, 0.25) is 0 Å². The number of hydrogen-bond donors (Lipinski definition) is 2. The molecule has 0 spiro atoms. The minimum Gasteiger partial charge on any atom is -0.478 e. The third-order valence-electron chi connectivity index (χ3n) is 3.11. The van der Waals surface area contributed by atoms with Gasteiger partial charge in [-0.1, -0.05) is 0 Å². The molecule has 0 radical (unpaired) electrons. The van der Waals surface area contributed by atoms with Gasteiger partial charge < -0.3 is 14.9 Å². The van der Waals surface area contributed by atoms with Crippen LogP contribution in [-0.4, -0.2) is 53.5 Å². The average molecular weight is 269 g/mol. The molecule has 104 valence electrons. The van der Waals surface area contributed by atoms with Crippen LogP contribution in [0.4, 0.5) is 4.39 Å². The minimum atomic E-state index is -1.07. The molecular weight excluding hydrogens is 253 g/mol. The number of aromatic carboxylic acids is 1. The van der Waals surface area contributed by atoms with Crippen molar-refractivity contribution in [1.82, 2.24) is 4.90 Å². The Morgan fingerprint density at radius 2 is 2.32 bits per heavy atom. The first-order valence-electron chi connectivity index (χ1n) is 6.06. The molecule has 19 heavy (non-hydrogen) atoms. The lowest BCUT2D eigenvalue weighted by Gasteiger charge is -2.32. The lowest BCUT2D eigenvalue weighted by molar-refractivity contribution is -0.0553. The van der Waals surface area contributed by atoms with Gasteiger partial charge in [0.25, 0.3) is 0 Å². The molecule has 1 atom stereocenters. The number of hydrogen-bond acceptors (Lipinski definition) is 4. The van der Waals surface area contributed by atoms with Crippen LogP contribution in [0.2, 0.25) is 0 Å². The summed E-state index contributed by atoms with van der Waals surface area (Å²) < 4.78 is 19.0. The highest BCUT2D eigenvalue weighted by Crippen LogP contribution is 2.15. The van der Waals surface area contributed by atoms with E-state index in [2.05, 4.69) is 0 Å². The summed E-state index contributed by atoms with van der Waals surface area (Å²) in [4.78, 5) is 12.8. The zero-order valence-electron chi connectivity index (χ0n) is 10.4. The molecule has 2 N–H and O–H groups in total. The van der Waals surface area contributed by atoms with E-state index in [1.54, 1.807) is 0 Å². The summed E-state index contributed by atoms with van der Waals surface area (Å²) in [6.45, 7) is 1.85. The van der Waals surface area contributed by atoms with Gasteiger partial charge in [-0.05, 0) is 18.2 Å². The number of aliphatic hydroxyl groups excluding tert-OH is 1. The fourth-order valence-electron chi connectivity index (χ4n) is 2.10. The zero-order valence-corrected chi connectivity index (χ0v) is 10.4. The molecule has 6 heteroatoms. The number of benzene rings is 1. The minimum absolute atomic E-state index is 0.0726. The Morgan fingerprint density at radius 1 is 1.53 bits per heavy atom. The smallest absolute Gasteiger partial charge is 0.335 e. The number of aliphatic hydroxyl groups is 1. The zero-order chi connectivity index (χ0) is 13.8. The quantitative estimate of drug-likeness (QED) is 0.842. The number of morpholine rings is 1. The van der Waals surface area contributed by atoms with Gasteiger partial charge in [0, 0.05) is 25.2 Å². The Bertz CT molecular complexity index is 466. The van der Waals surface area contributed by atoms with Crippen LogP contribution < -0.4 is 0 Å². The number of halogens is 1. The van der Waals surface area contributed by atoms with E-state index in [-0.39, 0.29) is 18.3 Å². The highest BCUT2D eigenvalue weighted by molar-refractivity contribution is 5.87. The molecule has 0 bridgehead atoms. The summed E-state index contributed by atoms with van der Waals surface area (Å²) in [5.74, 6) is -1.49. The fraction of sp³-hybridized carbons (Fsp3) is 0.462. The third-order valence-corrected chi connectivity index (χ3v) is 3.11. The van der Waals surface area contributed by atoms with Crippen LogP contribution in [0.25, 0.3) is 0 Å². The van der Waals surface area contributed by atoms with Crippen LogP contribution in [0.3, 0.4) is 0 Å². The Labute approximate surface area is 110 Å². The van der Waals surface area contributed by atoms with Crippen molar-refractivity contribution in [3.05, 3.63) is 35.1 Å². The summed E-state index contributed by atoms with van der Waals surface area (Å²) in [5.41, 5.74) is 0.418. The summed E-state index contributed by atoms with van der Waals surface area (Å²) >= 11 is 0. The van der Waals surface area contributed by atoms with Gasteiger partial charge in [0.1, 0.15) is 5.82 Å². The largest absolute Gasteiger partial charge is 0.478 e. The lowest BCUT2D eigenvalue weighted by Crippen LogP contribution is -2.43. The predicted molar refractivity (Wildman–Crippen MR) is 65.5 cm³/mol. The monoisotopic (exact) mass is 269 g/mol. The molecule has 1 fully saturated rings. The van der Waals surface area contributed by atoms with E-state index in [1.165, 1.54) is 18.2 Å². The number of ether oxygens (including phenoxy) is 1. The Morgan fingerprint density at radius 3 is 3.00 bits per heavy atom. The van der Waals surface area contributed by atoms with Gasteiger partial charge >= 0.3 is 5.97 Å². The van der Waals surface area contributed by atoms with Crippen molar-refractivity contribution in [2.24, 2.45) is 0 Å². The molecular formula is C13H16FNO4. The summed E-state index contributed by atoms with van der Waals surface area (Å²) in [6, 6.07) is 3.76. The molecule has 1 aliphatic heterocycles. The number of carboxylic acids is 1. The van der Waals surface area contributed by atoms with Crippen molar-refractivity contribution >= 4 is 5.97 Å². The van der Waals surface area contributed by atoms with Gasteiger partial charge in [0.05, 0.1) is 24.9 Å². The molecule has 1 unspecified atom stereocenters. The van der Waals surface area contributed by atoms with E-state index < -0.39 is 11.8 Å². The standard InChI is InChI=1S/C13H16FNO4/c14-12-2-1-9(13(17)18)5-10(12)6-15-3-4-19-11(7-15)8-16/h1-2,5,11,16H,3-4,6-8H2,(H,17,18). The number of carboxylic acid groups (broad SMARTS) is 1. The molecule has 1 saturated heterocycles.